The third-order valence-corrected chi connectivity index (χ3v) is 7.34. The molecule has 7 nitrogen and oxygen atoms in total. The van der Waals surface area contributed by atoms with Gasteiger partial charge in [-0.25, -0.2) is 18.2 Å². The smallest absolute Gasteiger partial charge is 0.338 e. The van der Waals surface area contributed by atoms with Gasteiger partial charge >= 0.3 is 5.97 Å². The van der Waals surface area contributed by atoms with Gasteiger partial charge in [0.15, 0.2) is 0 Å². The van der Waals surface area contributed by atoms with Crippen LogP contribution in [0.2, 0.25) is 5.02 Å². The standard InChI is InChI=1S/C20H19ClN2O5S2/c1-13-4-6-14(7-5-13)19-22-16(12-29-19)11-28-20(24)15-8-9-17(21)18(10-15)30(25,26)23(2)27-3/h4-10,12H,11H2,1-3H3. The number of sulfonamides is 1. The summed E-state index contributed by atoms with van der Waals surface area (Å²) in [5.41, 5.74) is 2.80. The summed E-state index contributed by atoms with van der Waals surface area (Å²) < 4.78 is 30.9. The first kappa shape index (κ1) is 22.4. The molecule has 0 radical (unpaired) electrons. The Hall–Kier alpha value is -2.30. The summed E-state index contributed by atoms with van der Waals surface area (Å²) >= 11 is 7.46. The largest absolute Gasteiger partial charge is 0.456 e. The zero-order chi connectivity index (χ0) is 21.9. The summed E-state index contributed by atoms with van der Waals surface area (Å²) in [5.74, 6) is -0.687. The minimum atomic E-state index is -4.01. The molecule has 0 unspecified atom stereocenters. The van der Waals surface area contributed by atoms with Crippen molar-refractivity contribution in [2.75, 3.05) is 14.2 Å². The molecule has 3 aromatic rings. The zero-order valence-corrected chi connectivity index (χ0v) is 18.8. The topological polar surface area (TPSA) is 85.8 Å². The third-order valence-electron chi connectivity index (χ3n) is 4.24. The molecule has 158 valence electrons. The maximum Gasteiger partial charge on any atom is 0.338 e. The summed E-state index contributed by atoms with van der Waals surface area (Å²) in [6.07, 6.45) is 0. The van der Waals surface area contributed by atoms with Crippen LogP contribution in [0.25, 0.3) is 10.6 Å². The molecule has 0 N–H and O–H groups in total. The fourth-order valence-electron chi connectivity index (χ4n) is 2.49. The van der Waals surface area contributed by atoms with Crippen LogP contribution in [0.5, 0.6) is 0 Å². The molecule has 0 saturated heterocycles. The molecule has 0 atom stereocenters. The number of carbonyl (C=O) groups is 1. The quantitative estimate of drug-likeness (QED) is 0.381. The van der Waals surface area contributed by atoms with Gasteiger partial charge in [-0.05, 0) is 25.1 Å². The SMILES string of the molecule is CON(C)S(=O)(=O)c1cc(C(=O)OCc2csc(-c3ccc(C)cc3)n2)ccc1Cl. The van der Waals surface area contributed by atoms with E-state index in [0.29, 0.717) is 10.2 Å². The Morgan fingerprint density at radius 1 is 1.20 bits per heavy atom. The third kappa shape index (κ3) is 4.88. The minimum Gasteiger partial charge on any atom is -0.456 e. The molecule has 10 heteroatoms. The Morgan fingerprint density at radius 3 is 2.57 bits per heavy atom. The lowest BCUT2D eigenvalue weighted by Crippen LogP contribution is -2.26. The van der Waals surface area contributed by atoms with Crippen LogP contribution in [0.15, 0.2) is 52.7 Å². The highest BCUT2D eigenvalue weighted by molar-refractivity contribution is 7.89. The number of aryl methyl sites for hydroxylation is 1. The Kier molecular flexibility index (Phi) is 6.89. The molecule has 0 aliphatic heterocycles. The normalized spacial score (nSPS) is 11.6. The Labute approximate surface area is 183 Å². The monoisotopic (exact) mass is 466 g/mol. The highest BCUT2D eigenvalue weighted by atomic mass is 35.5. The van der Waals surface area contributed by atoms with E-state index in [9.17, 15) is 13.2 Å². The van der Waals surface area contributed by atoms with Gasteiger partial charge in [0.05, 0.1) is 23.4 Å². The molecule has 0 amide bonds. The second-order valence-electron chi connectivity index (χ2n) is 6.33. The van der Waals surface area contributed by atoms with Crippen LogP contribution in [-0.2, 0) is 26.2 Å². The van der Waals surface area contributed by atoms with E-state index in [4.69, 9.17) is 21.2 Å². The lowest BCUT2D eigenvalue weighted by atomic mass is 10.2. The van der Waals surface area contributed by atoms with Crippen molar-refractivity contribution in [3.8, 4) is 10.6 Å². The van der Waals surface area contributed by atoms with E-state index in [1.165, 1.54) is 37.6 Å². The predicted molar refractivity (Wildman–Crippen MR) is 115 cm³/mol. The van der Waals surface area contributed by atoms with Crippen molar-refractivity contribution < 1.29 is 22.8 Å². The Balaban J connectivity index is 1.73. The first-order valence-corrected chi connectivity index (χ1v) is 11.4. The summed E-state index contributed by atoms with van der Waals surface area (Å²) in [6, 6.07) is 11.9. The average molecular weight is 467 g/mol. The number of carbonyl (C=O) groups excluding carboxylic acids is 1. The van der Waals surface area contributed by atoms with Gasteiger partial charge in [0.2, 0.25) is 0 Å². The van der Waals surface area contributed by atoms with Crippen molar-refractivity contribution in [1.29, 1.82) is 0 Å². The van der Waals surface area contributed by atoms with E-state index in [-0.39, 0.29) is 22.1 Å². The van der Waals surface area contributed by atoms with Crippen LogP contribution in [0.3, 0.4) is 0 Å². The summed E-state index contributed by atoms with van der Waals surface area (Å²) in [6.45, 7) is 1.97. The molecule has 0 saturated carbocycles. The van der Waals surface area contributed by atoms with Crippen LogP contribution in [-0.4, -0.2) is 38.0 Å². The van der Waals surface area contributed by atoms with Gasteiger partial charge in [0, 0.05) is 18.0 Å². The van der Waals surface area contributed by atoms with Gasteiger partial charge in [-0.1, -0.05) is 45.9 Å². The Morgan fingerprint density at radius 2 is 1.90 bits per heavy atom. The summed E-state index contributed by atoms with van der Waals surface area (Å²) in [4.78, 5) is 21.4. The number of benzene rings is 2. The number of esters is 1. The van der Waals surface area contributed by atoms with Crippen molar-refractivity contribution in [1.82, 2.24) is 9.45 Å². The molecular formula is C20H19ClN2O5S2. The van der Waals surface area contributed by atoms with Crippen LogP contribution in [0.1, 0.15) is 21.6 Å². The van der Waals surface area contributed by atoms with Gasteiger partial charge < -0.3 is 4.74 Å². The molecule has 2 aromatic carbocycles. The van der Waals surface area contributed by atoms with E-state index in [1.54, 1.807) is 0 Å². The number of thiazole rings is 1. The van der Waals surface area contributed by atoms with Crippen molar-refractivity contribution >= 4 is 38.9 Å². The predicted octanol–water partition coefficient (Wildman–Crippen LogP) is 4.31. The van der Waals surface area contributed by atoms with Gasteiger partial charge in [0.25, 0.3) is 10.0 Å². The molecule has 0 aliphatic rings. The molecular weight excluding hydrogens is 448 g/mol. The number of hydrogen-bond donors (Lipinski definition) is 0. The number of ether oxygens (including phenoxy) is 1. The number of hydroxylamine groups is 1. The highest BCUT2D eigenvalue weighted by Gasteiger charge is 2.25. The first-order valence-electron chi connectivity index (χ1n) is 8.73. The fourth-order valence-corrected chi connectivity index (χ4v) is 4.77. The maximum absolute atomic E-state index is 12.5. The number of nitrogens with zero attached hydrogens (tertiary/aromatic N) is 2. The molecule has 0 fully saturated rings. The zero-order valence-electron chi connectivity index (χ0n) is 16.5. The van der Waals surface area contributed by atoms with Gasteiger partial charge in [-0.2, -0.15) is 0 Å². The second kappa shape index (κ2) is 9.23. The fraction of sp³-hybridized carbons (Fsp3) is 0.200. The number of halogens is 1. The molecule has 0 bridgehead atoms. The molecule has 30 heavy (non-hydrogen) atoms. The van der Waals surface area contributed by atoms with Gasteiger partial charge in [0.1, 0.15) is 16.5 Å². The number of rotatable bonds is 7. The summed E-state index contributed by atoms with van der Waals surface area (Å²) in [5, 5.41) is 2.61. The number of aromatic nitrogens is 1. The number of hydrogen-bond acceptors (Lipinski definition) is 7. The van der Waals surface area contributed by atoms with E-state index in [1.807, 2.05) is 36.6 Å². The second-order valence-corrected chi connectivity index (χ2v) is 9.50. The van der Waals surface area contributed by atoms with Crippen LogP contribution >= 0.6 is 22.9 Å². The van der Waals surface area contributed by atoms with Gasteiger partial charge in [-0.15, -0.1) is 11.3 Å². The summed E-state index contributed by atoms with van der Waals surface area (Å²) in [7, 11) is -1.58. The van der Waals surface area contributed by atoms with Crippen molar-refractivity contribution in [2.24, 2.45) is 0 Å². The minimum absolute atomic E-state index is 0.0299. The van der Waals surface area contributed by atoms with Crippen molar-refractivity contribution in [2.45, 2.75) is 18.4 Å². The molecule has 0 aliphatic carbocycles. The van der Waals surface area contributed by atoms with E-state index in [2.05, 4.69) is 4.98 Å². The maximum atomic E-state index is 12.5. The average Bonchev–Trinajstić information content (AvgIpc) is 3.21. The molecule has 3 rings (SSSR count). The van der Waals surface area contributed by atoms with Gasteiger partial charge in [-0.3, -0.25) is 4.84 Å². The first-order chi connectivity index (χ1) is 14.2. The van der Waals surface area contributed by atoms with Crippen LogP contribution in [0, 0.1) is 6.92 Å². The highest BCUT2D eigenvalue weighted by Crippen LogP contribution is 2.27. The van der Waals surface area contributed by atoms with E-state index < -0.39 is 16.0 Å². The van der Waals surface area contributed by atoms with Crippen LogP contribution < -0.4 is 0 Å². The molecule has 1 heterocycles. The van der Waals surface area contributed by atoms with Crippen molar-refractivity contribution in [3.63, 3.8) is 0 Å². The Bertz CT molecular complexity index is 1160. The lowest BCUT2D eigenvalue weighted by molar-refractivity contribution is -0.0258. The van der Waals surface area contributed by atoms with Crippen molar-refractivity contribution in [3.05, 3.63) is 69.7 Å². The van der Waals surface area contributed by atoms with E-state index in [0.717, 1.165) is 22.2 Å². The lowest BCUT2D eigenvalue weighted by Gasteiger charge is -2.15. The molecule has 0 spiro atoms. The van der Waals surface area contributed by atoms with Crippen LogP contribution in [0.4, 0.5) is 0 Å². The van der Waals surface area contributed by atoms with E-state index >= 15 is 0 Å². The molecule has 1 aromatic heterocycles.